The Morgan fingerprint density at radius 1 is 1.35 bits per heavy atom. The number of aliphatic carboxylic acids is 1. The van der Waals surface area contributed by atoms with Gasteiger partial charge in [0.05, 0.1) is 6.42 Å². The molecule has 1 atom stereocenters. The summed E-state index contributed by atoms with van der Waals surface area (Å²) < 4.78 is 0. The van der Waals surface area contributed by atoms with Crippen LogP contribution in [0.1, 0.15) is 25.3 Å². The number of carbonyl (C=O) groups is 2. The molecule has 0 radical (unpaired) electrons. The van der Waals surface area contributed by atoms with Crippen molar-refractivity contribution in [1.82, 2.24) is 5.32 Å². The summed E-state index contributed by atoms with van der Waals surface area (Å²) in [4.78, 5) is 22.4. The van der Waals surface area contributed by atoms with Crippen molar-refractivity contribution >= 4 is 35.1 Å². The Morgan fingerprint density at radius 2 is 2.05 bits per heavy atom. The zero-order chi connectivity index (χ0) is 15.1. The van der Waals surface area contributed by atoms with Crippen LogP contribution < -0.4 is 5.32 Å². The number of benzene rings is 1. The van der Waals surface area contributed by atoms with Crippen LogP contribution in [0.2, 0.25) is 10.0 Å². The van der Waals surface area contributed by atoms with Crippen LogP contribution >= 0.6 is 23.2 Å². The molecular formula is C14H17Cl2NO3. The summed E-state index contributed by atoms with van der Waals surface area (Å²) in [6.45, 7) is 2.25. The third kappa shape index (κ3) is 5.80. The van der Waals surface area contributed by atoms with Gasteiger partial charge in [-0.2, -0.15) is 0 Å². The molecule has 0 spiro atoms. The Labute approximate surface area is 128 Å². The smallest absolute Gasteiger partial charge is 0.303 e. The van der Waals surface area contributed by atoms with Crippen molar-refractivity contribution < 1.29 is 14.7 Å². The van der Waals surface area contributed by atoms with E-state index in [0.717, 1.165) is 0 Å². The van der Waals surface area contributed by atoms with Crippen molar-refractivity contribution in [1.29, 1.82) is 0 Å². The lowest BCUT2D eigenvalue weighted by Gasteiger charge is -2.13. The Hall–Kier alpha value is -1.26. The monoisotopic (exact) mass is 317 g/mol. The van der Waals surface area contributed by atoms with Gasteiger partial charge in [0.25, 0.3) is 0 Å². The minimum atomic E-state index is -0.855. The van der Waals surface area contributed by atoms with E-state index in [2.05, 4.69) is 5.32 Å². The fourth-order valence-electron chi connectivity index (χ4n) is 1.77. The van der Waals surface area contributed by atoms with E-state index in [4.69, 9.17) is 28.3 Å². The SMILES string of the molecule is CCC(CNC(=O)Cc1ccc(Cl)cc1Cl)CC(=O)O. The summed E-state index contributed by atoms with van der Waals surface area (Å²) in [5, 5.41) is 12.4. The van der Waals surface area contributed by atoms with E-state index in [-0.39, 0.29) is 24.7 Å². The van der Waals surface area contributed by atoms with Crippen LogP contribution in [0.25, 0.3) is 0 Å². The molecule has 1 amide bonds. The van der Waals surface area contributed by atoms with E-state index in [9.17, 15) is 9.59 Å². The first-order valence-electron chi connectivity index (χ1n) is 6.34. The van der Waals surface area contributed by atoms with Gasteiger partial charge < -0.3 is 10.4 Å². The largest absolute Gasteiger partial charge is 0.481 e. The van der Waals surface area contributed by atoms with Crippen molar-refractivity contribution in [2.45, 2.75) is 26.2 Å². The van der Waals surface area contributed by atoms with E-state index in [0.29, 0.717) is 28.6 Å². The molecule has 20 heavy (non-hydrogen) atoms. The van der Waals surface area contributed by atoms with E-state index in [1.807, 2.05) is 6.92 Å². The zero-order valence-corrected chi connectivity index (χ0v) is 12.7. The second-order valence-corrected chi connectivity index (χ2v) is 5.43. The maximum atomic E-state index is 11.8. The normalized spacial score (nSPS) is 11.9. The van der Waals surface area contributed by atoms with Crippen LogP contribution in [0, 0.1) is 5.92 Å². The minimum absolute atomic E-state index is 0.0540. The molecule has 0 aliphatic rings. The first kappa shape index (κ1) is 16.8. The quantitative estimate of drug-likeness (QED) is 0.811. The molecule has 0 heterocycles. The number of carboxylic acid groups (broad SMARTS) is 1. The summed E-state index contributed by atoms with van der Waals surface area (Å²) in [5.74, 6) is -1.10. The van der Waals surface area contributed by atoms with Gasteiger partial charge in [0, 0.05) is 23.0 Å². The fraction of sp³-hybridized carbons (Fsp3) is 0.429. The van der Waals surface area contributed by atoms with Crippen molar-refractivity contribution in [2.75, 3.05) is 6.54 Å². The van der Waals surface area contributed by atoms with E-state index < -0.39 is 5.97 Å². The second-order valence-electron chi connectivity index (χ2n) is 4.59. The van der Waals surface area contributed by atoms with E-state index >= 15 is 0 Å². The van der Waals surface area contributed by atoms with Crippen LogP contribution in [0.3, 0.4) is 0 Å². The highest BCUT2D eigenvalue weighted by atomic mass is 35.5. The number of nitrogens with one attached hydrogen (secondary N) is 1. The molecular weight excluding hydrogens is 301 g/mol. The lowest BCUT2D eigenvalue weighted by molar-refractivity contribution is -0.138. The maximum absolute atomic E-state index is 11.8. The summed E-state index contributed by atoms with van der Waals surface area (Å²) in [6, 6.07) is 4.97. The third-order valence-corrected chi connectivity index (χ3v) is 3.58. The Bertz CT molecular complexity index is 491. The number of carboxylic acids is 1. The molecule has 1 rings (SSSR count). The highest BCUT2D eigenvalue weighted by Crippen LogP contribution is 2.21. The summed E-state index contributed by atoms with van der Waals surface area (Å²) in [5.41, 5.74) is 0.694. The molecule has 0 fully saturated rings. The molecule has 1 aromatic rings. The topological polar surface area (TPSA) is 66.4 Å². The van der Waals surface area contributed by atoms with Crippen molar-refractivity contribution in [3.05, 3.63) is 33.8 Å². The average Bonchev–Trinajstić information content (AvgIpc) is 2.37. The fourth-order valence-corrected chi connectivity index (χ4v) is 2.24. The maximum Gasteiger partial charge on any atom is 0.303 e. The van der Waals surface area contributed by atoms with Gasteiger partial charge in [-0.25, -0.2) is 0 Å². The first-order valence-corrected chi connectivity index (χ1v) is 7.10. The zero-order valence-electron chi connectivity index (χ0n) is 11.2. The summed E-state index contributed by atoms with van der Waals surface area (Å²) in [7, 11) is 0. The first-order chi connectivity index (χ1) is 9.42. The van der Waals surface area contributed by atoms with Crippen molar-refractivity contribution in [2.24, 2.45) is 5.92 Å². The predicted octanol–water partition coefficient (Wildman–Crippen LogP) is 3.15. The van der Waals surface area contributed by atoms with Gasteiger partial charge >= 0.3 is 5.97 Å². The Kier molecular flexibility index (Phi) is 6.82. The number of hydrogen-bond acceptors (Lipinski definition) is 2. The Morgan fingerprint density at radius 3 is 2.60 bits per heavy atom. The number of halogens is 2. The lowest BCUT2D eigenvalue weighted by atomic mass is 10.0. The van der Waals surface area contributed by atoms with Crippen molar-refractivity contribution in [3.8, 4) is 0 Å². The van der Waals surface area contributed by atoms with Gasteiger partial charge in [0.1, 0.15) is 0 Å². The number of hydrogen-bond donors (Lipinski definition) is 2. The summed E-state index contributed by atoms with van der Waals surface area (Å²) in [6.07, 6.45) is 0.909. The van der Waals surface area contributed by atoms with Crippen LogP contribution in [0.4, 0.5) is 0 Å². The molecule has 0 saturated carbocycles. The molecule has 4 nitrogen and oxygen atoms in total. The second kappa shape index (κ2) is 8.12. The molecule has 2 N–H and O–H groups in total. The molecule has 0 bridgehead atoms. The molecule has 1 aromatic carbocycles. The standard InChI is InChI=1S/C14H17Cl2NO3/c1-2-9(5-14(19)20)8-17-13(18)6-10-3-4-11(15)7-12(10)16/h3-4,7,9H,2,5-6,8H2,1H3,(H,17,18)(H,19,20). The molecule has 1 unspecified atom stereocenters. The van der Waals surface area contributed by atoms with Crippen LogP contribution in [-0.4, -0.2) is 23.5 Å². The van der Waals surface area contributed by atoms with E-state index in [1.165, 1.54) is 0 Å². The predicted molar refractivity (Wildman–Crippen MR) is 79.2 cm³/mol. The van der Waals surface area contributed by atoms with Gasteiger partial charge in [-0.15, -0.1) is 0 Å². The Balaban J connectivity index is 2.49. The van der Waals surface area contributed by atoms with E-state index in [1.54, 1.807) is 18.2 Å². The average molecular weight is 318 g/mol. The third-order valence-electron chi connectivity index (χ3n) is 2.99. The number of rotatable bonds is 7. The molecule has 110 valence electrons. The van der Waals surface area contributed by atoms with Crippen LogP contribution in [0.5, 0.6) is 0 Å². The van der Waals surface area contributed by atoms with Crippen molar-refractivity contribution in [3.63, 3.8) is 0 Å². The van der Waals surface area contributed by atoms with Gasteiger partial charge in [-0.05, 0) is 23.6 Å². The lowest BCUT2D eigenvalue weighted by Crippen LogP contribution is -2.31. The summed E-state index contributed by atoms with van der Waals surface area (Å²) >= 11 is 11.8. The van der Waals surface area contributed by atoms with Gasteiger partial charge in [-0.1, -0.05) is 42.6 Å². The molecule has 0 aromatic heterocycles. The molecule has 0 saturated heterocycles. The highest BCUT2D eigenvalue weighted by molar-refractivity contribution is 6.35. The molecule has 0 aliphatic carbocycles. The van der Waals surface area contributed by atoms with Gasteiger partial charge in [-0.3, -0.25) is 9.59 Å². The minimum Gasteiger partial charge on any atom is -0.481 e. The molecule has 0 aliphatic heterocycles. The van der Waals surface area contributed by atoms with Gasteiger partial charge in [0.2, 0.25) is 5.91 Å². The van der Waals surface area contributed by atoms with Gasteiger partial charge in [0.15, 0.2) is 0 Å². The van der Waals surface area contributed by atoms with Crippen LogP contribution in [-0.2, 0) is 16.0 Å². The van der Waals surface area contributed by atoms with Crippen LogP contribution in [0.15, 0.2) is 18.2 Å². The number of carbonyl (C=O) groups excluding carboxylic acids is 1. The molecule has 6 heteroatoms. The highest BCUT2D eigenvalue weighted by Gasteiger charge is 2.13. The number of amides is 1.